The number of ketones is 2. The topological polar surface area (TPSA) is 242 Å². The number of nitrogens with two attached hydrogens (primary N) is 2. The molecule has 6 rings (SSSR count). The third-order valence-electron chi connectivity index (χ3n) is 10.1. The van der Waals surface area contributed by atoms with E-state index in [9.17, 15) is 28.8 Å². The van der Waals surface area contributed by atoms with Gasteiger partial charge in [0.1, 0.15) is 23.0 Å². The Hall–Kier alpha value is -7.62. The number of hydrogen-bond donors (Lipinski definition) is 4. The zero-order valence-electron chi connectivity index (χ0n) is 32.4. The quantitative estimate of drug-likeness (QED) is 0.0563. The maximum atomic E-state index is 12.9. The Kier molecular flexibility index (Phi) is 14.0. The van der Waals surface area contributed by atoms with E-state index in [-0.39, 0.29) is 61.7 Å². The van der Waals surface area contributed by atoms with E-state index in [1.54, 1.807) is 47.2 Å². The molecule has 0 atom stereocenters. The van der Waals surface area contributed by atoms with Gasteiger partial charge in [0.2, 0.25) is 0 Å². The van der Waals surface area contributed by atoms with Gasteiger partial charge in [0.15, 0.2) is 26.7 Å². The van der Waals surface area contributed by atoms with Crippen LogP contribution in [-0.2, 0) is 38.1 Å². The summed E-state index contributed by atoms with van der Waals surface area (Å²) in [7, 11) is 0. The lowest BCUT2D eigenvalue weighted by Gasteiger charge is -2.26. The molecule has 16 nitrogen and oxygen atoms in total. The van der Waals surface area contributed by atoms with Gasteiger partial charge in [0.05, 0.1) is 32.9 Å². The highest BCUT2D eigenvalue weighted by atomic mass is 16.5. The molecule has 0 aliphatic carbocycles. The summed E-state index contributed by atoms with van der Waals surface area (Å²) >= 11 is 0. The second-order valence-electron chi connectivity index (χ2n) is 14.0. The number of nitrogens with zero attached hydrogens (tertiary/aromatic N) is 2. The monoisotopic (exact) mass is 836 g/mol. The summed E-state index contributed by atoms with van der Waals surface area (Å²) in [5.74, 6) is -5.38. The van der Waals surface area contributed by atoms with Crippen molar-refractivity contribution in [3.05, 3.63) is 119 Å². The van der Waals surface area contributed by atoms with E-state index in [0.717, 1.165) is 11.1 Å². The maximum absolute atomic E-state index is 12.9. The number of fused-ring (bicyclic) bond motifs is 2. The largest absolute Gasteiger partial charge is 0.481 e. The first-order valence-corrected chi connectivity index (χ1v) is 18.1. The number of primary amides is 2. The van der Waals surface area contributed by atoms with Gasteiger partial charge in [-0.15, -0.1) is 0 Å². The number of amides is 2. The highest BCUT2D eigenvalue weighted by Gasteiger charge is 2.29. The van der Waals surface area contributed by atoms with Gasteiger partial charge in [0.25, 0.3) is 23.4 Å². The van der Waals surface area contributed by atoms with Gasteiger partial charge in [-0.3, -0.25) is 19.2 Å². The number of ether oxygens (including phenoxy) is 4. The van der Waals surface area contributed by atoms with Crippen LogP contribution >= 0.6 is 0 Å². The van der Waals surface area contributed by atoms with Gasteiger partial charge in [-0.1, -0.05) is 65.1 Å². The summed E-state index contributed by atoms with van der Waals surface area (Å²) in [4.78, 5) is 72.1. The standard InChI is InChI=1S/C43H40N4O12.2CH4/c1-23-35(39(52)41(44)54)37-29(7-5-9-31(37)56-19-33(48)49)46(23)21-58-27-15-11-25(12-16-27)43(3,4)26-13-17-28(18-14-26)59-22-47-24(2)36(40(53)42(45)55)38-30(47)8-6-10-32(38)57-20-34(50)51;;/h5-18H,19-22H2,1-4H3,(H2,44,54)(H2,45,55)(H,48,49)(H,50,51);2*1H4. The average Bonchev–Trinajstić information content (AvgIpc) is 3.66. The van der Waals surface area contributed by atoms with Crippen molar-refractivity contribution in [1.29, 1.82) is 0 Å². The van der Waals surface area contributed by atoms with Gasteiger partial charge in [-0.25, -0.2) is 9.59 Å². The number of carbonyl (C=O) groups excluding carboxylic acids is 4. The van der Waals surface area contributed by atoms with Gasteiger partial charge in [-0.2, -0.15) is 0 Å². The lowest BCUT2D eigenvalue weighted by molar-refractivity contribution is -0.140. The zero-order valence-corrected chi connectivity index (χ0v) is 32.4. The molecule has 4 aromatic carbocycles. The number of aromatic nitrogens is 2. The van der Waals surface area contributed by atoms with Crippen LogP contribution in [0.4, 0.5) is 0 Å². The van der Waals surface area contributed by atoms with Crippen molar-refractivity contribution in [2.45, 2.75) is 61.4 Å². The van der Waals surface area contributed by atoms with Crippen molar-refractivity contribution in [2.75, 3.05) is 13.2 Å². The summed E-state index contributed by atoms with van der Waals surface area (Å²) < 4.78 is 26.5. The van der Waals surface area contributed by atoms with Crippen molar-refractivity contribution in [1.82, 2.24) is 9.13 Å². The number of hydrogen-bond acceptors (Lipinski definition) is 10. The van der Waals surface area contributed by atoms with Crippen molar-refractivity contribution in [3.63, 3.8) is 0 Å². The van der Waals surface area contributed by atoms with Crippen LogP contribution in [0.5, 0.6) is 23.0 Å². The fourth-order valence-electron chi connectivity index (χ4n) is 7.02. The first-order valence-electron chi connectivity index (χ1n) is 18.1. The van der Waals surface area contributed by atoms with E-state index in [1.165, 1.54) is 12.1 Å². The number of benzene rings is 4. The van der Waals surface area contributed by atoms with E-state index >= 15 is 0 Å². The zero-order chi connectivity index (χ0) is 42.8. The van der Waals surface area contributed by atoms with Crippen molar-refractivity contribution >= 4 is 57.1 Å². The predicted molar refractivity (Wildman–Crippen MR) is 226 cm³/mol. The summed E-state index contributed by atoms with van der Waals surface area (Å²) in [5.41, 5.74) is 13.9. The Balaban J connectivity index is 0.00000410. The number of carbonyl (C=O) groups is 6. The Labute approximate surface area is 351 Å². The molecule has 0 unspecified atom stereocenters. The molecule has 0 saturated heterocycles. The van der Waals surface area contributed by atoms with E-state index < -0.39 is 53.9 Å². The number of rotatable bonds is 18. The minimum Gasteiger partial charge on any atom is -0.481 e. The molecule has 0 aliphatic rings. The second-order valence-corrected chi connectivity index (χ2v) is 14.0. The minimum absolute atomic E-state index is 0. The van der Waals surface area contributed by atoms with Crippen LogP contribution in [0, 0.1) is 13.8 Å². The molecule has 2 aromatic heterocycles. The molecule has 0 aliphatic heterocycles. The molecule has 0 bridgehead atoms. The second kappa shape index (κ2) is 18.5. The molecule has 6 aromatic rings. The van der Waals surface area contributed by atoms with Gasteiger partial charge < -0.3 is 49.8 Å². The molecule has 320 valence electrons. The number of carboxylic acids is 2. The number of carboxylic acid groups (broad SMARTS) is 2. The molecule has 6 N–H and O–H groups in total. The van der Waals surface area contributed by atoms with E-state index in [1.807, 2.05) is 48.5 Å². The summed E-state index contributed by atoms with van der Waals surface area (Å²) in [5, 5.41) is 18.8. The molecule has 61 heavy (non-hydrogen) atoms. The predicted octanol–water partition coefficient (Wildman–Crippen LogP) is 6.15. The Bertz CT molecular complexity index is 2480. The molecule has 2 amide bonds. The molecule has 2 heterocycles. The van der Waals surface area contributed by atoms with Crippen molar-refractivity contribution in [3.8, 4) is 23.0 Å². The van der Waals surface area contributed by atoms with Crippen LogP contribution < -0.4 is 30.4 Å². The van der Waals surface area contributed by atoms with Gasteiger partial charge >= 0.3 is 11.9 Å². The summed E-state index contributed by atoms with van der Waals surface area (Å²) in [6, 6.07) is 24.7. The number of Topliss-reactive ketones (excluding diaryl/α,β-unsaturated/α-hetero) is 2. The van der Waals surface area contributed by atoms with E-state index in [4.69, 9.17) is 40.6 Å². The fraction of sp³-hybridized carbons (Fsp3) is 0.244. The lowest BCUT2D eigenvalue weighted by Crippen LogP contribution is -2.24. The molecular weight excluding hydrogens is 789 g/mol. The first kappa shape index (κ1) is 46.1. The highest BCUT2D eigenvalue weighted by molar-refractivity contribution is 6.45. The average molecular weight is 837 g/mol. The Morgan fingerprint density at radius 3 is 1.21 bits per heavy atom. The lowest BCUT2D eigenvalue weighted by atomic mass is 9.78. The van der Waals surface area contributed by atoms with Crippen LogP contribution in [0.15, 0.2) is 84.9 Å². The third kappa shape index (κ3) is 9.17. The van der Waals surface area contributed by atoms with Crippen LogP contribution in [-0.4, -0.2) is 67.9 Å². The molecular formula is C45H48N4O12. The summed E-state index contributed by atoms with van der Waals surface area (Å²) in [6.07, 6.45) is 0. The van der Waals surface area contributed by atoms with Crippen LogP contribution in [0.1, 0.15) is 71.9 Å². The highest BCUT2D eigenvalue weighted by Crippen LogP contribution is 2.37. The normalized spacial score (nSPS) is 11.0. The SMILES string of the molecule is C.C.Cc1c(C(=O)C(N)=O)c2c(OCC(=O)O)cccc2n1COc1ccc(C(C)(C)c2ccc(OCn3c(C)c(C(=O)C(N)=O)c4c(OCC(=O)O)cccc43)cc2)cc1. The Morgan fingerprint density at radius 1 is 0.557 bits per heavy atom. The van der Waals surface area contributed by atoms with Crippen LogP contribution in [0.25, 0.3) is 21.8 Å². The van der Waals surface area contributed by atoms with Crippen molar-refractivity contribution < 1.29 is 57.9 Å². The van der Waals surface area contributed by atoms with Crippen molar-refractivity contribution in [2.24, 2.45) is 11.5 Å². The third-order valence-corrected chi connectivity index (χ3v) is 10.1. The molecule has 0 saturated carbocycles. The smallest absolute Gasteiger partial charge is 0.341 e. The molecule has 0 spiro atoms. The summed E-state index contributed by atoms with van der Waals surface area (Å²) in [6.45, 7) is 5.97. The minimum atomic E-state index is -1.21. The molecule has 0 radical (unpaired) electrons. The first-order chi connectivity index (χ1) is 28.0. The van der Waals surface area contributed by atoms with Gasteiger partial charge in [0, 0.05) is 16.8 Å². The molecule has 16 heteroatoms. The van der Waals surface area contributed by atoms with E-state index in [0.29, 0.717) is 33.9 Å². The van der Waals surface area contributed by atoms with Crippen LogP contribution in [0.2, 0.25) is 0 Å². The Morgan fingerprint density at radius 2 is 0.902 bits per heavy atom. The van der Waals surface area contributed by atoms with E-state index in [2.05, 4.69) is 13.8 Å². The molecule has 0 fully saturated rings. The fourth-order valence-corrected chi connectivity index (χ4v) is 7.02. The van der Waals surface area contributed by atoms with Crippen LogP contribution in [0.3, 0.4) is 0 Å². The maximum Gasteiger partial charge on any atom is 0.341 e. The van der Waals surface area contributed by atoms with Gasteiger partial charge in [-0.05, 0) is 73.5 Å². The number of aliphatic carboxylic acids is 2.